The fourth-order valence-electron chi connectivity index (χ4n) is 2.82. The Morgan fingerprint density at radius 3 is 2.42 bits per heavy atom. The smallest absolute Gasteiger partial charge is 0.263 e. The second-order valence-electron chi connectivity index (χ2n) is 6.48. The molecule has 0 bridgehead atoms. The lowest BCUT2D eigenvalue weighted by Crippen LogP contribution is -2.46. The molecule has 1 aromatic rings. The van der Waals surface area contributed by atoms with Crippen LogP contribution in [0.15, 0.2) is 29.2 Å². The van der Waals surface area contributed by atoms with Crippen molar-refractivity contribution in [3.05, 3.63) is 24.3 Å². The fourth-order valence-corrected chi connectivity index (χ4v) is 4.10. The van der Waals surface area contributed by atoms with Crippen molar-refractivity contribution in [1.82, 2.24) is 9.62 Å². The predicted octanol–water partition coefficient (Wildman–Crippen LogP) is 1.78. The molecule has 0 radical (unpaired) electrons. The van der Waals surface area contributed by atoms with Crippen LogP contribution in [0.2, 0.25) is 0 Å². The monoisotopic (exact) mass is 384 g/mol. The van der Waals surface area contributed by atoms with Crippen LogP contribution in [-0.2, 0) is 19.6 Å². The minimum Gasteiger partial charge on any atom is -0.481 e. The molecule has 1 saturated heterocycles. The number of rotatable bonds is 8. The van der Waals surface area contributed by atoms with E-state index in [4.69, 9.17) is 9.47 Å². The summed E-state index contributed by atoms with van der Waals surface area (Å²) in [6, 6.07) is 6.00. The van der Waals surface area contributed by atoms with Crippen molar-refractivity contribution in [2.75, 3.05) is 26.3 Å². The van der Waals surface area contributed by atoms with Crippen molar-refractivity contribution < 1.29 is 22.7 Å². The number of ether oxygens (including phenoxy) is 2. The number of amides is 1. The molecule has 8 heteroatoms. The molecule has 1 heterocycles. The zero-order valence-electron chi connectivity index (χ0n) is 15.6. The number of carbonyl (C=O) groups excluding carboxylic acids is 1. The summed E-state index contributed by atoms with van der Waals surface area (Å²) >= 11 is 0. The first-order valence-corrected chi connectivity index (χ1v) is 10.5. The summed E-state index contributed by atoms with van der Waals surface area (Å²) in [4.78, 5) is 14.2. The van der Waals surface area contributed by atoms with Crippen molar-refractivity contribution >= 4 is 15.9 Å². The number of nitrogens with zero attached hydrogens (tertiary/aromatic N) is 1. The lowest BCUT2D eigenvalue weighted by Gasteiger charge is -2.29. The quantitative estimate of drug-likeness (QED) is 0.738. The molecule has 0 saturated carbocycles. The van der Waals surface area contributed by atoms with Gasteiger partial charge in [0, 0.05) is 19.1 Å². The highest BCUT2D eigenvalue weighted by Gasteiger charge is 2.24. The summed E-state index contributed by atoms with van der Waals surface area (Å²) in [5, 5.41) is 0. The number of hydrogen-bond donors (Lipinski definition) is 1. The number of hydrogen-bond acceptors (Lipinski definition) is 5. The summed E-state index contributed by atoms with van der Waals surface area (Å²) in [7, 11) is -3.56. The van der Waals surface area contributed by atoms with Gasteiger partial charge in [0.2, 0.25) is 10.0 Å². The molecule has 1 amide bonds. The molecule has 0 aliphatic carbocycles. The van der Waals surface area contributed by atoms with Gasteiger partial charge in [-0.2, -0.15) is 0 Å². The van der Waals surface area contributed by atoms with Crippen LogP contribution < -0.4 is 9.46 Å². The number of nitrogens with one attached hydrogen (secondary N) is 1. The van der Waals surface area contributed by atoms with E-state index in [1.807, 2.05) is 13.8 Å². The summed E-state index contributed by atoms with van der Waals surface area (Å²) in [5.41, 5.74) is 0. The van der Waals surface area contributed by atoms with Gasteiger partial charge in [0.1, 0.15) is 5.75 Å². The molecule has 0 aromatic heterocycles. The first kappa shape index (κ1) is 20.7. The van der Waals surface area contributed by atoms with Crippen LogP contribution >= 0.6 is 0 Å². The lowest BCUT2D eigenvalue weighted by atomic mass is 10.2. The van der Waals surface area contributed by atoms with Crippen LogP contribution in [0.3, 0.4) is 0 Å². The Morgan fingerprint density at radius 2 is 1.85 bits per heavy atom. The molecule has 146 valence electrons. The Labute approximate surface area is 155 Å². The normalized spacial score (nSPS) is 17.6. The number of morpholine rings is 1. The maximum atomic E-state index is 12.4. The minimum absolute atomic E-state index is 0.0972. The third-order valence-corrected chi connectivity index (χ3v) is 5.80. The Balaban J connectivity index is 1.97. The highest BCUT2D eigenvalue weighted by atomic mass is 32.2. The average Bonchev–Trinajstić information content (AvgIpc) is 2.62. The van der Waals surface area contributed by atoms with E-state index in [0.29, 0.717) is 32.1 Å². The van der Waals surface area contributed by atoms with Crippen LogP contribution in [0.25, 0.3) is 0 Å². The predicted molar refractivity (Wildman–Crippen MR) is 98.6 cm³/mol. The lowest BCUT2D eigenvalue weighted by molar-refractivity contribution is -0.142. The molecule has 1 aliphatic rings. The molecular formula is C18H28N2O5S. The number of carbonyl (C=O) groups is 1. The molecular weight excluding hydrogens is 356 g/mol. The first-order chi connectivity index (χ1) is 12.3. The number of benzene rings is 1. The topological polar surface area (TPSA) is 84.9 Å². The molecule has 1 fully saturated rings. The van der Waals surface area contributed by atoms with Crippen LogP contribution in [0.5, 0.6) is 5.75 Å². The summed E-state index contributed by atoms with van der Waals surface area (Å²) in [6.45, 7) is 7.74. The average molecular weight is 384 g/mol. The molecule has 0 spiro atoms. The van der Waals surface area contributed by atoms with E-state index in [9.17, 15) is 13.2 Å². The summed E-state index contributed by atoms with van der Waals surface area (Å²) < 4.78 is 38.2. The Kier molecular flexibility index (Phi) is 7.43. The molecule has 7 nitrogen and oxygen atoms in total. The van der Waals surface area contributed by atoms with E-state index in [2.05, 4.69) is 4.72 Å². The van der Waals surface area contributed by atoms with E-state index in [1.54, 1.807) is 24.0 Å². The molecule has 1 N–H and O–H groups in total. The SMILES string of the molecule is CCC[C@@H](C)NS(=O)(=O)c1ccc(O[C@H](C)C(=O)N2CCOCC2)cc1. The van der Waals surface area contributed by atoms with Gasteiger partial charge < -0.3 is 14.4 Å². The van der Waals surface area contributed by atoms with Crippen LogP contribution in [-0.4, -0.2) is 57.7 Å². The number of sulfonamides is 1. The van der Waals surface area contributed by atoms with E-state index in [0.717, 1.165) is 12.8 Å². The van der Waals surface area contributed by atoms with Gasteiger partial charge in [0.25, 0.3) is 5.91 Å². The second kappa shape index (κ2) is 9.34. The van der Waals surface area contributed by atoms with Crippen molar-refractivity contribution in [1.29, 1.82) is 0 Å². The van der Waals surface area contributed by atoms with Crippen molar-refractivity contribution in [3.63, 3.8) is 0 Å². The van der Waals surface area contributed by atoms with Gasteiger partial charge in [-0.1, -0.05) is 13.3 Å². The summed E-state index contributed by atoms with van der Waals surface area (Å²) in [6.07, 6.45) is 1.05. The zero-order chi connectivity index (χ0) is 19.2. The maximum Gasteiger partial charge on any atom is 0.263 e. The molecule has 26 heavy (non-hydrogen) atoms. The van der Waals surface area contributed by atoms with Crippen LogP contribution in [0.1, 0.15) is 33.6 Å². The van der Waals surface area contributed by atoms with E-state index in [1.165, 1.54) is 12.1 Å². The van der Waals surface area contributed by atoms with Gasteiger partial charge in [0.15, 0.2) is 6.10 Å². The molecule has 0 unspecified atom stereocenters. The molecule has 2 atom stereocenters. The van der Waals surface area contributed by atoms with Gasteiger partial charge in [0.05, 0.1) is 18.1 Å². The van der Waals surface area contributed by atoms with Crippen molar-refractivity contribution in [2.45, 2.75) is 50.7 Å². The highest BCUT2D eigenvalue weighted by molar-refractivity contribution is 7.89. The van der Waals surface area contributed by atoms with Crippen molar-refractivity contribution in [3.8, 4) is 5.75 Å². The van der Waals surface area contributed by atoms with E-state index in [-0.39, 0.29) is 16.8 Å². The van der Waals surface area contributed by atoms with E-state index >= 15 is 0 Å². The van der Waals surface area contributed by atoms with Gasteiger partial charge in [-0.05, 0) is 44.5 Å². The second-order valence-corrected chi connectivity index (χ2v) is 8.19. The molecule has 1 aromatic carbocycles. The minimum atomic E-state index is -3.56. The standard InChI is InChI=1S/C18H28N2O5S/c1-4-5-14(2)19-26(22,23)17-8-6-16(7-9-17)25-15(3)18(21)20-10-12-24-13-11-20/h6-9,14-15,19H,4-5,10-13H2,1-3H3/t14-,15-/m1/s1. The maximum absolute atomic E-state index is 12.4. The molecule has 1 aliphatic heterocycles. The Bertz CT molecular complexity index is 684. The van der Waals surface area contributed by atoms with Crippen LogP contribution in [0, 0.1) is 0 Å². The Morgan fingerprint density at radius 1 is 1.23 bits per heavy atom. The highest BCUT2D eigenvalue weighted by Crippen LogP contribution is 2.18. The van der Waals surface area contributed by atoms with Gasteiger partial charge in [-0.25, -0.2) is 13.1 Å². The van der Waals surface area contributed by atoms with Gasteiger partial charge in [-0.3, -0.25) is 4.79 Å². The first-order valence-electron chi connectivity index (χ1n) is 8.99. The molecule has 2 rings (SSSR count). The third kappa shape index (κ3) is 5.69. The third-order valence-electron chi connectivity index (χ3n) is 4.20. The van der Waals surface area contributed by atoms with Gasteiger partial charge in [-0.15, -0.1) is 0 Å². The fraction of sp³-hybridized carbons (Fsp3) is 0.611. The summed E-state index contributed by atoms with van der Waals surface area (Å²) in [5.74, 6) is 0.361. The van der Waals surface area contributed by atoms with E-state index < -0.39 is 16.1 Å². The van der Waals surface area contributed by atoms with Gasteiger partial charge >= 0.3 is 0 Å². The zero-order valence-corrected chi connectivity index (χ0v) is 16.4. The Hall–Kier alpha value is -1.64. The largest absolute Gasteiger partial charge is 0.481 e. The van der Waals surface area contributed by atoms with Crippen LogP contribution in [0.4, 0.5) is 0 Å². The van der Waals surface area contributed by atoms with Crippen molar-refractivity contribution in [2.24, 2.45) is 0 Å².